The van der Waals surface area contributed by atoms with Gasteiger partial charge in [0.05, 0.1) is 9.82 Å². The molecule has 7 nitrogen and oxygen atoms in total. The summed E-state index contributed by atoms with van der Waals surface area (Å²) in [7, 11) is -3.96. The Morgan fingerprint density at radius 2 is 1.71 bits per heavy atom. The van der Waals surface area contributed by atoms with Gasteiger partial charge in [-0.3, -0.25) is 10.1 Å². The number of hydrogen-bond donors (Lipinski definition) is 2. The van der Waals surface area contributed by atoms with E-state index in [1.165, 1.54) is 18.2 Å². The second-order valence-electron chi connectivity index (χ2n) is 7.33. The molecule has 0 aliphatic rings. The van der Waals surface area contributed by atoms with E-state index in [1.807, 2.05) is 0 Å². The van der Waals surface area contributed by atoms with Gasteiger partial charge in [-0.15, -0.1) is 0 Å². The average Bonchev–Trinajstić information content (AvgIpc) is 2.55. The van der Waals surface area contributed by atoms with Crippen LogP contribution in [0.1, 0.15) is 39.3 Å². The molecule has 2 aromatic carbocycles. The summed E-state index contributed by atoms with van der Waals surface area (Å²) >= 11 is 0. The van der Waals surface area contributed by atoms with Crippen LogP contribution in [0.5, 0.6) is 0 Å². The van der Waals surface area contributed by atoms with Gasteiger partial charge in [-0.2, -0.15) is 0 Å². The van der Waals surface area contributed by atoms with E-state index in [0.29, 0.717) is 5.56 Å². The molecule has 0 bridgehead atoms. The molecule has 0 unspecified atom stereocenters. The molecule has 0 aromatic heterocycles. The summed E-state index contributed by atoms with van der Waals surface area (Å²) in [6.07, 6.45) is 0. The molecule has 0 aliphatic heterocycles. The van der Waals surface area contributed by atoms with E-state index in [-0.39, 0.29) is 10.6 Å². The lowest BCUT2D eigenvalue weighted by Gasteiger charge is -2.21. The summed E-state index contributed by atoms with van der Waals surface area (Å²) in [5.74, 6) is -2.03. The number of halogens is 2. The standard InChI is InChI=1S/C18H21F2N3O4S/c1-11(12-5-7-14(19)15(20)9-12)21-16-8-6-13(10-17(16)23(24)25)28(26,27)22-18(2,3)4/h5-11,21-22H,1-4H3/t11-/m0/s1. The molecule has 0 saturated carbocycles. The van der Waals surface area contributed by atoms with Crippen molar-refractivity contribution >= 4 is 21.4 Å². The van der Waals surface area contributed by atoms with Crippen molar-refractivity contribution < 1.29 is 22.1 Å². The predicted molar refractivity (Wildman–Crippen MR) is 102 cm³/mol. The highest BCUT2D eigenvalue weighted by atomic mass is 32.2. The molecule has 0 radical (unpaired) electrons. The predicted octanol–water partition coefficient (Wildman–Crippen LogP) is 4.12. The molecule has 2 rings (SSSR count). The zero-order valence-corrected chi connectivity index (χ0v) is 16.6. The fourth-order valence-electron chi connectivity index (χ4n) is 2.51. The number of hydrogen-bond acceptors (Lipinski definition) is 5. The summed E-state index contributed by atoms with van der Waals surface area (Å²) in [5.41, 5.74) is -0.784. The van der Waals surface area contributed by atoms with E-state index in [0.717, 1.165) is 18.2 Å². The van der Waals surface area contributed by atoms with Crippen LogP contribution in [0.3, 0.4) is 0 Å². The van der Waals surface area contributed by atoms with Gasteiger partial charge in [0.25, 0.3) is 5.69 Å². The SMILES string of the molecule is C[C@H](Nc1ccc(S(=O)(=O)NC(C)(C)C)cc1[N+](=O)[O-])c1ccc(F)c(F)c1. The third kappa shape index (κ3) is 5.23. The molecule has 2 N–H and O–H groups in total. The molecule has 0 aliphatic carbocycles. The lowest BCUT2D eigenvalue weighted by atomic mass is 10.1. The van der Waals surface area contributed by atoms with Crippen molar-refractivity contribution in [1.29, 1.82) is 0 Å². The van der Waals surface area contributed by atoms with Gasteiger partial charge in [0, 0.05) is 17.6 Å². The van der Waals surface area contributed by atoms with Crippen LogP contribution in [-0.2, 0) is 10.0 Å². The van der Waals surface area contributed by atoms with Gasteiger partial charge >= 0.3 is 0 Å². The number of rotatable bonds is 6. The third-order valence-electron chi connectivity index (χ3n) is 3.73. The Labute approximate surface area is 162 Å². The quantitative estimate of drug-likeness (QED) is 0.548. The minimum absolute atomic E-state index is 0.0527. The third-order valence-corrected chi connectivity index (χ3v) is 5.49. The minimum atomic E-state index is -3.96. The van der Waals surface area contributed by atoms with E-state index in [1.54, 1.807) is 27.7 Å². The maximum Gasteiger partial charge on any atom is 0.293 e. The van der Waals surface area contributed by atoms with Crippen molar-refractivity contribution in [2.45, 2.75) is 44.2 Å². The maximum atomic E-state index is 13.4. The first-order valence-corrected chi connectivity index (χ1v) is 9.82. The maximum absolute atomic E-state index is 13.4. The second kappa shape index (κ2) is 7.80. The Hall–Kier alpha value is -2.59. The number of sulfonamides is 1. The zero-order chi connectivity index (χ0) is 21.3. The van der Waals surface area contributed by atoms with Gasteiger partial charge in [-0.25, -0.2) is 21.9 Å². The molecule has 0 saturated heterocycles. The number of nitrogens with one attached hydrogen (secondary N) is 2. The average molecular weight is 413 g/mol. The van der Waals surface area contributed by atoms with Gasteiger partial charge in [-0.1, -0.05) is 6.07 Å². The number of anilines is 1. The first kappa shape index (κ1) is 21.7. The van der Waals surface area contributed by atoms with Crippen LogP contribution in [0.2, 0.25) is 0 Å². The van der Waals surface area contributed by atoms with Crippen molar-refractivity contribution in [3.05, 3.63) is 63.7 Å². The van der Waals surface area contributed by atoms with Crippen LogP contribution >= 0.6 is 0 Å². The minimum Gasteiger partial charge on any atom is -0.373 e. The Kier molecular flexibility index (Phi) is 6.05. The monoisotopic (exact) mass is 413 g/mol. The smallest absolute Gasteiger partial charge is 0.293 e. The summed E-state index contributed by atoms with van der Waals surface area (Å²) in [4.78, 5) is 10.5. The van der Waals surface area contributed by atoms with Gasteiger partial charge < -0.3 is 5.32 Å². The van der Waals surface area contributed by atoms with Gasteiger partial charge in [-0.05, 0) is 57.5 Å². The molecule has 2 aromatic rings. The van der Waals surface area contributed by atoms with Crippen LogP contribution in [0.15, 0.2) is 41.3 Å². The molecule has 0 spiro atoms. The zero-order valence-electron chi connectivity index (χ0n) is 15.8. The normalized spacial score (nSPS) is 13.2. The molecule has 0 fully saturated rings. The van der Waals surface area contributed by atoms with Gasteiger partial charge in [0.15, 0.2) is 11.6 Å². The highest BCUT2D eigenvalue weighted by molar-refractivity contribution is 7.89. The molecule has 1 atom stereocenters. The highest BCUT2D eigenvalue weighted by Crippen LogP contribution is 2.31. The van der Waals surface area contributed by atoms with Crippen LogP contribution in [0.4, 0.5) is 20.2 Å². The summed E-state index contributed by atoms with van der Waals surface area (Å²) < 4.78 is 53.8. The summed E-state index contributed by atoms with van der Waals surface area (Å²) in [6, 6.07) is 6.18. The van der Waals surface area contributed by atoms with Crippen LogP contribution in [0, 0.1) is 21.7 Å². The lowest BCUT2D eigenvalue weighted by molar-refractivity contribution is -0.384. The Morgan fingerprint density at radius 3 is 2.25 bits per heavy atom. The van der Waals surface area contributed by atoms with E-state index in [2.05, 4.69) is 10.0 Å². The molecule has 28 heavy (non-hydrogen) atoms. The van der Waals surface area contributed by atoms with E-state index in [4.69, 9.17) is 0 Å². The first-order chi connectivity index (χ1) is 12.8. The Morgan fingerprint density at radius 1 is 1.07 bits per heavy atom. The Bertz CT molecular complexity index is 1000. The van der Waals surface area contributed by atoms with Gasteiger partial charge in [0.1, 0.15) is 5.69 Å². The largest absolute Gasteiger partial charge is 0.373 e. The molecular weight excluding hydrogens is 392 g/mol. The van der Waals surface area contributed by atoms with Gasteiger partial charge in [0.2, 0.25) is 10.0 Å². The number of nitro benzene ring substituents is 1. The fraction of sp³-hybridized carbons (Fsp3) is 0.333. The van der Waals surface area contributed by atoms with Crippen LogP contribution in [0.25, 0.3) is 0 Å². The van der Waals surface area contributed by atoms with Crippen molar-refractivity contribution in [3.63, 3.8) is 0 Å². The number of nitrogens with zero attached hydrogens (tertiary/aromatic N) is 1. The molecular formula is C18H21F2N3O4S. The van der Waals surface area contributed by atoms with Crippen LogP contribution < -0.4 is 10.0 Å². The Balaban J connectivity index is 2.37. The molecule has 0 heterocycles. The van der Waals surface area contributed by atoms with Crippen molar-refractivity contribution in [2.24, 2.45) is 0 Å². The first-order valence-electron chi connectivity index (χ1n) is 8.34. The van der Waals surface area contributed by atoms with Crippen LogP contribution in [-0.4, -0.2) is 18.9 Å². The van der Waals surface area contributed by atoms with Crippen molar-refractivity contribution in [2.75, 3.05) is 5.32 Å². The fourth-order valence-corrected chi connectivity index (χ4v) is 3.95. The van der Waals surface area contributed by atoms with Crippen molar-refractivity contribution in [1.82, 2.24) is 4.72 Å². The van der Waals surface area contributed by atoms with E-state index >= 15 is 0 Å². The summed E-state index contributed by atoms with van der Waals surface area (Å²) in [5, 5.41) is 14.3. The lowest BCUT2D eigenvalue weighted by Crippen LogP contribution is -2.40. The molecule has 152 valence electrons. The molecule has 0 amide bonds. The van der Waals surface area contributed by atoms with Crippen molar-refractivity contribution in [3.8, 4) is 0 Å². The second-order valence-corrected chi connectivity index (χ2v) is 9.01. The van der Waals surface area contributed by atoms with E-state index < -0.39 is 43.8 Å². The summed E-state index contributed by atoms with van der Waals surface area (Å²) in [6.45, 7) is 6.57. The highest BCUT2D eigenvalue weighted by Gasteiger charge is 2.26. The topological polar surface area (TPSA) is 101 Å². The number of benzene rings is 2. The number of nitro groups is 1. The van der Waals surface area contributed by atoms with E-state index in [9.17, 15) is 27.3 Å². The molecule has 10 heteroatoms.